The van der Waals surface area contributed by atoms with Crippen molar-refractivity contribution in [2.24, 2.45) is 0 Å². The lowest BCUT2D eigenvalue weighted by Crippen LogP contribution is -2.31. The first-order valence-corrected chi connectivity index (χ1v) is 4.57. The number of nitrogens with zero attached hydrogens (tertiary/aromatic N) is 1. The molecule has 1 aliphatic rings. The number of nitrogens with one attached hydrogen (secondary N) is 1. The molecule has 0 aromatic heterocycles. The molecule has 2 nitrogen and oxygen atoms in total. The second-order valence-electron chi connectivity index (χ2n) is 3.53. The van der Waals surface area contributed by atoms with Crippen LogP contribution in [0.3, 0.4) is 0 Å². The lowest BCUT2D eigenvalue weighted by molar-refractivity contribution is 0.327. The fraction of sp³-hybridized carbons (Fsp3) is 0.800. The second-order valence-corrected chi connectivity index (χ2v) is 3.53. The highest BCUT2D eigenvalue weighted by atomic mass is 15.2. The summed E-state index contributed by atoms with van der Waals surface area (Å²) in [6.07, 6.45) is 1.25. The van der Waals surface area contributed by atoms with E-state index in [1.807, 2.05) is 6.92 Å². The smallest absolute Gasteiger partial charge is 0.0578 e. The van der Waals surface area contributed by atoms with Gasteiger partial charge in [0.05, 0.1) is 6.54 Å². The van der Waals surface area contributed by atoms with Crippen LogP contribution in [-0.2, 0) is 0 Å². The summed E-state index contributed by atoms with van der Waals surface area (Å²) in [6.45, 7) is 6.15. The van der Waals surface area contributed by atoms with Crippen molar-refractivity contribution < 1.29 is 0 Å². The van der Waals surface area contributed by atoms with Gasteiger partial charge in [-0.2, -0.15) is 0 Å². The molecule has 1 aliphatic heterocycles. The van der Waals surface area contributed by atoms with Gasteiger partial charge in [0.25, 0.3) is 0 Å². The molecule has 0 spiro atoms. The van der Waals surface area contributed by atoms with E-state index in [0.29, 0.717) is 6.04 Å². The van der Waals surface area contributed by atoms with E-state index in [9.17, 15) is 0 Å². The van der Waals surface area contributed by atoms with Crippen LogP contribution in [0.2, 0.25) is 0 Å². The molecule has 12 heavy (non-hydrogen) atoms. The van der Waals surface area contributed by atoms with Crippen LogP contribution in [0.1, 0.15) is 20.3 Å². The van der Waals surface area contributed by atoms with Crippen molar-refractivity contribution in [1.29, 1.82) is 0 Å². The molecular weight excluding hydrogens is 148 g/mol. The Hall–Kier alpha value is -0.520. The fourth-order valence-corrected chi connectivity index (χ4v) is 1.63. The van der Waals surface area contributed by atoms with E-state index in [4.69, 9.17) is 0 Å². The van der Waals surface area contributed by atoms with Crippen LogP contribution in [-0.4, -0.2) is 37.1 Å². The minimum Gasteiger partial charge on any atom is -0.302 e. The molecule has 68 valence electrons. The van der Waals surface area contributed by atoms with E-state index in [-0.39, 0.29) is 0 Å². The van der Waals surface area contributed by atoms with Gasteiger partial charge < -0.3 is 10.2 Å². The molecule has 0 aromatic carbocycles. The van der Waals surface area contributed by atoms with Crippen LogP contribution >= 0.6 is 0 Å². The predicted molar refractivity (Wildman–Crippen MR) is 51.9 cm³/mol. The summed E-state index contributed by atoms with van der Waals surface area (Å²) < 4.78 is 0. The van der Waals surface area contributed by atoms with Crippen LogP contribution in [0.15, 0.2) is 0 Å². The van der Waals surface area contributed by atoms with Gasteiger partial charge in [-0.25, -0.2) is 0 Å². The summed E-state index contributed by atoms with van der Waals surface area (Å²) in [4.78, 5) is 2.39. The van der Waals surface area contributed by atoms with Crippen molar-refractivity contribution in [3.8, 4) is 11.8 Å². The molecule has 2 heteroatoms. The molecule has 1 fully saturated rings. The molecule has 0 aromatic rings. The summed E-state index contributed by atoms with van der Waals surface area (Å²) in [5, 5.41) is 3.43. The Kier molecular flexibility index (Phi) is 3.58. The number of hydrogen-bond donors (Lipinski definition) is 1. The molecule has 0 amide bonds. The molecule has 2 unspecified atom stereocenters. The van der Waals surface area contributed by atoms with Gasteiger partial charge in [-0.3, -0.25) is 0 Å². The summed E-state index contributed by atoms with van der Waals surface area (Å²) in [5.41, 5.74) is 0. The van der Waals surface area contributed by atoms with Crippen molar-refractivity contribution in [2.45, 2.75) is 32.4 Å². The highest BCUT2D eigenvalue weighted by Crippen LogP contribution is 2.14. The molecular formula is C10H18N2. The van der Waals surface area contributed by atoms with Gasteiger partial charge in [0.1, 0.15) is 0 Å². The van der Waals surface area contributed by atoms with Gasteiger partial charge in [0.15, 0.2) is 0 Å². The Morgan fingerprint density at radius 3 is 2.83 bits per heavy atom. The molecule has 0 saturated carbocycles. The van der Waals surface area contributed by atoms with Crippen molar-refractivity contribution in [3.63, 3.8) is 0 Å². The molecule has 1 N–H and O–H groups in total. The molecule has 0 bridgehead atoms. The first kappa shape index (κ1) is 9.57. The van der Waals surface area contributed by atoms with Gasteiger partial charge in [0, 0.05) is 18.6 Å². The number of rotatable bonds is 2. The Balaban J connectivity index is 2.21. The zero-order valence-electron chi connectivity index (χ0n) is 8.22. The first-order valence-electron chi connectivity index (χ1n) is 4.57. The minimum atomic E-state index is 0.644. The Morgan fingerprint density at radius 2 is 2.33 bits per heavy atom. The van der Waals surface area contributed by atoms with E-state index in [1.54, 1.807) is 0 Å². The van der Waals surface area contributed by atoms with Crippen molar-refractivity contribution in [3.05, 3.63) is 0 Å². The largest absolute Gasteiger partial charge is 0.302 e. The maximum Gasteiger partial charge on any atom is 0.0578 e. The standard InChI is InChI=1S/C10H18N2/c1-4-5-6-11-10-7-9(2)12(3)8-10/h9-11H,6-8H2,1-3H3. The van der Waals surface area contributed by atoms with Crippen molar-refractivity contribution in [1.82, 2.24) is 10.2 Å². The number of likely N-dealkylation sites (tertiary alicyclic amines) is 1. The van der Waals surface area contributed by atoms with Crippen LogP contribution in [0.25, 0.3) is 0 Å². The van der Waals surface area contributed by atoms with Crippen molar-refractivity contribution >= 4 is 0 Å². The second kappa shape index (κ2) is 4.49. The fourth-order valence-electron chi connectivity index (χ4n) is 1.63. The van der Waals surface area contributed by atoms with Crippen molar-refractivity contribution in [2.75, 3.05) is 20.1 Å². The quantitative estimate of drug-likeness (QED) is 0.607. The number of hydrogen-bond acceptors (Lipinski definition) is 2. The summed E-state index contributed by atoms with van der Waals surface area (Å²) in [5.74, 6) is 5.91. The van der Waals surface area contributed by atoms with E-state index >= 15 is 0 Å². The predicted octanol–water partition coefficient (Wildman–Crippen LogP) is 0.692. The van der Waals surface area contributed by atoms with E-state index < -0.39 is 0 Å². The van der Waals surface area contributed by atoms with Gasteiger partial charge >= 0.3 is 0 Å². The van der Waals surface area contributed by atoms with E-state index in [0.717, 1.165) is 19.1 Å². The third kappa shape index (κ3) is 2.51. The molecule has 1 rings (SSSR count). The van der Waals surface area contributed by atoms with Crippen LogP contribution in [0.4, 0.5) is 0 Å². The van der Waals surface area contributed by atoms with E-state index in [2.05, 4.69) is 36.0 Å². The monoisotopic (exact) mass is 166 g/mol. The molecule has 1 saturated heterocycles. The Labute approximate surface area is 75.3 Å². The molecule has 0 aliphatic carbocycles. The summed E-state index contributed by atoms with van der Waals surface area (Å²) >= 11 is 0. The SMILES string of the molecule is CC#CCNC1CC(C)N(C)C1. The van der Waals surface area contributed by atoms with Crippen LogP contribution in [0.5, 0.6) is 0 Å². The minimum absolute atomic E-state index is 0.644. The lowest BCUT2D eigenvalue weighted by Gasteiger charge is -2.12. The van der Waals surface area contributed by atoms with Crippen LogP contribution in [0, 0.1) is 11.8 Å². The zero-order chi connectivity index (χ0) is 8.97. The summed E-state index contributed by atoms with van der Waals surface area (Å²) in [6, 6.07) is 1.36. The highest BCUT2D eigenvalue weighted by molar-refractivity contribution is 4.98. The average Bonchev–Trinajstić information content (AvgIpc) is 2.32. The molecule has 0 radical (unpaired) electrons. The maximum atomic E-state index is 3.43. The Morgan fingerprint density at radius 1 is 1.58 bits per heavy atom. The topological polar surface area (TPSA) is 15.3 Å². The van der Waals surface area contributed by atoms with Gasteiger partial charge in [-0.1, -0.05) is 5.92 Å². The number of likely N-dealkylation sites (N-methyl/N-ethyl adjacent to an activating group) is 1. The zero-order valence-corrected chi connectivity index (χ0v) is 8.22. The molecule has 1 heterocycles. The average molecular weight is 166 g/mol. The lowest BCUT2D eigenvalue weighted by atomic mass is 10.2. The third-order valence-electron chi connectivity index (χ3n) is 2.54. The van der Waals surface area contributed by atoms with Crippen LogP contribution < -0.4 is 5.32 Å². The van der Waals surface area contributed by atoms with E-state index in [1.165, 1.54) is 6.42 Å². The van der Waals surface area contributed by atoms with Gasteiger partial charge in [-0.15, -0.1) is 5.92 Å². The normalized spacial score (nSPS) is 29.9. The summed E-state index contributed by atoms with van der Waals surface area (Å²) in [7, 11) is 2.18. The molecule has 2 atom stereocenters. The maximum absolute atomic E-state index is 3.43. The van der Waals surface area contributed by atoms with Gasteiger partial charge in [0.2, 0.25) is 0 Å². The first-order chi connectivity index (χ1) is 5.74. The Bertz CT molecular complexity index is 180. The highest BCUT2D eigenvalue weighted by Gasteiger charge is 2.24. The third-order valence-corrected chi connectivity index (χ3v) is 2.54. The van der Waals surface area contributed by atoms with Gasteiger partial charge in [-0.05, 0) is 27.3 Å².